The number of carbonyl (C=O) groups excluding carboxylic acids is 1. The lowest BCUT2D eigenvalue weighted by atomic mass is 9.74. The molecule has 2 aliphatic rings. The van der Waals surface area contributed by atoms with Gasteiger partial charge < -0.3 is 0 Å². The molecule has 2 heteroatoms. The van der Waals surface area contributed by atoms with Crippen LogP contribution in [0.25, 0.3) is 0 Å². The second-order valence-corrected chi connectivity index (χ2v) is 11.6. The summed E-state index contributed by atoms with van der Waals surface area (Å²) in [6, 6.07) is 0. The van der Waals surface area contributed by atoms with Crippen molar-refractivity contribution >= 4 is 13.9 Å². The fourth-order valence-electron chi connectivity index (χ4n) is 3.06. The minimum atomic E-state index is -1.15. The molecule has 0 unspecified atom stereocenters. The first-order valence-corrected chi connectivity index (χ1v) is 9.66. The van der Waals surface area contributed by atoms with Gasteiger partial charge in [0, 0.05) is 11.3 Å². The fraction of sp³-hybridized carbons (Fsp3) is 0.769. The van der Waals surface area contributed by atoms with Crippen molar-refractivity contribution in [3.05, 3.63) is 11.3 Å². The molecule has 0 radical (unpaired) electrons. The van der Waals surface area contributed by atoms with E-state index in [4.69, 9.17) is 0 Å². The highest BCUT2D eigenvalue weighted by Gasteiger charge is 2.48. The van der Waals surface area contributed by atoms with E-state index in [0.29, 0.717) is 11.7 Å². The summed E-state index contributed by atoms with van der Waals surface area (Å²) in [5, 5.41) is 0. The van der Waals surface area contributed by atoms with E-state index in [1.165, 1.54) is 12.0 Å². The maximum atomic E-state index is 12.2. The van der Waals surface area contributed by atoms with E-state index in [9.17, 15) is 4.79 Å². The van der Waals surface area contributed by atoms with E-state index in [2.05, 4.69) is 32.3 Å². The van der Waals surface area contributed by atoms with Gasteiger partial charge in [0.1, 0.15) is 5.78 Å². The van der Waals surface area contributed by atoms with Gasteiger partial charge in [-0.1, -0.05) is 37.8 Å². The number of hydrogen-bond acceptors (Lipinski definition) is 1. The highest BCUT2D eigenvalue weighted by atomic mass is 28.3. The zero-order chi connectivity index (χ0) is 11.3. The Labute approximate surface area is 94.0 Å². The van der Waals surface area contributed by atoms with Crippen LogP contribution >= 0.6 is 0 Å². The molecule has 0 amide bonds. The van der Waals surface area contributed by atoms with Gasteiger partial charge in [-0.15, -0.1) is 0 Å². The molecule has 1 nitrogen and oxygen atoms in total. The molecular weight excluding hydrogens is 200 g/mol. The predicted molar refractivity (Wildman–Crippen MR) is 66.5 cm³/mol. The Kier molecular flexibility index (Phi) is 2.45. The molecule has 2 aliphatic carbocycles. The number of fused-ring (bicyclic) bond motifs is 2. The van der Waals surface area contributed by atoms with Crippen LogP contribution in [0.5, 0.6) is 0 Å². The van der Waals surface area contributed by atoms with Gasteiger partial charge >= 0.3 is 0 Å². The van der Waals surface area contributed by atoms with Gasteiger partial charge in [0.25, 0.3) is 0 Å². The molecule has 0 aromatic rings. The quantitative estimate of drug-likeness (QED) is 0.620. The van der Waals surface area contributed by atoms with Gasteiger partial charge in [-0.2, -0.15) is 0 Å². The fourth-order valence-corrected chi connectivity index (χ4v) is 4.52. The average molecular weight is 222 g/mol. The molecule has 2 fully saturated rings. The van der Waals surface area contributed by atoms with Crippen molar-refractivity contribution in [2.45, 2.75) is 52.2 Å². The molecule has 0 spiro atoms. The SMILES string of the molecule is C[C@]12CC/C(=C/[Si](C)(C)C)[C@H](CC1)C2=O. The van der Waals surface area contributed by atoms with Crippen molar-refractivity contribution < 1.29 is 4.79 Å². The molecule has 0 aromatic heterocycles. The van der Waals surface area contributed by atoms with Crippen molar-refractivity contribution in [3.8, 4) is 0 Å². The Morgan fingerprint density at radius 1 is 1.33 bits per heavy atom. The van der Waals surface area contributed by atoms with Crippen LogP contribution in [0.2, 0.25) is 19.6 Å². The van der Waals surface area contributed by atoms with Crippen LogP contribution in [0, 0.1) is 11.3 Å². The predicted octanol–water partition coefficient (Wildman–Crippen LogP) is 3.57. The third kappa shape index (κ3) is 1.96. The summed E-state index contributed by atoms with van der Waals surface area (Å²) in [6.45, 7) is 9.23. The monoisotopic (exact) mass is 222 g/mol. The molecule has 2 atom stereocenters. The number of rotatable bonds is 1. The number of carbonyl (C=O) groups is 1. The maximum Gasteiger partial charge on any atom is 0.145 e. The van der Waals surface area contributed by atoms with Crippen LogP contribution in [0.3, 0.4) is 0 Å². The summed E-state index contributed by atoms with van der Waals surface area (Å²) in [5.74, 6) is 0.841. The summed E-state index contributed by atoms with van der Waals surface area (Å²) < 4.78 is 0. The van der Waals surface area contributed by atoms with Crippen LogP contribution in [0.15, 0.2) is 11.3 Å². The summed E-state index contributed by atoms with van der Waals surface area (Å²) in [5.41, 5.74) is 4.00. The van der Waals surface area contributed by atoms with Gasteiger partial charge in [0.2, 0.25) is 0 Å². The smallest absolute Gasteiger partial charge is 0.145 e. The minimum Gasteiger partial charge on any atom is -0.298 e. The molecule has 2 rings (SSSR count). The highest BCUT2D eigenvalue weighted by Crippen LogP contribution is 2.50. The lowest BCUT2D eigenvalue weighted by Gasteiger charge is -2.30. The van der Waals surface area contributed by atoms with E-state index >= 15 is 0 Å². The number of hydrogen-bond donors (Lipinski definition) is 0. The van der Waals surface area contributed by atoms with Gasteiger partial charge in [-0.25, -0.2) is 0 Å². The molecule has 0 aromatic carbocycles. The first-order valence-electron chi connectivity index (χ1n) is 6.08. The molecule has 2 bridgehead atoms. The molecular formula is C13H22OSi. The summed E-state index contributed by atoms with van der Waals surface area (Å²) in [6.07, 6.45) is 4.51. The van der Waals surface area contributed by atoms with E-state index in [0.717, 1.165) is 19.3 Å². The van der Waals surface area contributed by atoms with Crippen LogP contribution in [0.4, 0.5) is 0 Å². The Balaban J connectivity index is 2.27. The molecule has 0 saturated heterocycles. The Hall–Kier alpha value is -0.373. The molecule has 15 heavy (non-hydrogen) atoms. The lowest BCUT2D eigenvalue weighted by molar-refractivity contribution is -0.128. The second-order valence-electron chi connectivity index (χ2n) is 6.60. The van der Waals surface area contributed by atoms with E-state index in [1.54, 1.807) is 0 Å². The average Bonchev–Trinajstić information content (AvgIpc) is 2.28. The molecule has 0 N–H and O–H groups in total. The van der Waals surface area contributed by atoms with E-state index in [1.807, 2.05) is 0 Å². The van der Waals surface area contributed by atoms with Crippen LogP contribution in [-0.2, 0) is 4.79 Å². The van der Waals surface area contributed by atoms with Crippen molar-refractivity contribution in [2.24, 2.45) is 11.3 Å². The first-order chi connectivity index (χ1) is 6.82. The first kappa shape index (κ1) is 11.1. The largest absolute Gasteiger partial charge is 0.298 e. The zero-order valence-corrected chi connectivity index (χ0v) is 11.4. The van der Waals surface area contributed by atoms with Crippen LogP contribution in [-0.4, -0.2) is 13.9 Å². The summed E-state index contributed by atoms with van der Waals surface area (Å²) in [7, 11) is -1.15. The van der Waals surface area contributed by atoms with Gasteiger partial charge in [0.15, 0.2) is 0 Å². The van der Waals surface area contributed by atoms with E-state index < -0.39 is 8.07 Å². The van der Waals surface area contributed by atoms with Gasteiger partial charge in [0.05, 0.1) is 8.07 Å². The van der Waals surface area contributed by atoms with E-state index in [-0.39, 0.29) is 5.41 Å². The van der Waals surface area contributed by atoms with Gasteiger partial charge in [-0.05, 0) is 25.7 Å². The number of Topliss-reactive ketones (excluding diaryl/α,β-unsaturated/α-hetero) is 1. The Morgan fingerprint density at radius 3 is 2.60 bits per heavy atom. The Bertz CT molecular complexity index is 324. The minimum absolute atomic E-state index is 0.0431. The second kappa shape index (κ2) is 3.31. The molecule has 84 valence electrons. The topological polar surface area (TPSA) is 17.1 Å². The lowest BCUT2D eigenvalue weighted by Crippen LogP contribution is -2.32. The standard InChI is InChI=1S/C13H22OSi/c1-13-7-5-10(9-15(2,3)4)11(6-8-13)12(13)14/h9,11H,5-8H2,1-4H3/b10-9-/t11-,13-/m0/s1. The highest BCUT2D eigenvalue weighted by molar-refractivity contribution is 6.81. The molecule has 0 aliphatic heterocycles. The molecule has 0 heterocycles. The third-order valence-corrected chi connectivity index (χ3v) is 5.16. The van der Waals surface area contributed by atoms with Crippen molar-refractivity contribution in [2.75, 3.05) is 0 Å². The molecule has 2 saturated carbocycles. The maximum absolute atomic E-state index is 12.2. The van der Waals surface area contributed by atoms with Crippen molar-refractivity contribution in [3.63, 3.8) is 0 Å². The van der Waals surface area contributed by atoms with Crippen LogP contribution in [0.1, 0.15) is 32.6 Å². The number of allylic oxidation sites excluding steroid dienone is 1. The Morgan fingerprint density at radius 2 is 2.00 bits per heavy atom. The van der Waals surface area contributed by atoms with Gasteiger partial charge in [-0.3, -0.25) is 4.79 Å². The van der Waals surface area contributed by atoms with Crippen molar-refractivity contribution in [1.29, 1.82) is 0 Å². The van der Waals surface area contributed by atoms with Crippen molar-refractivity contribution in [1.82, 2.24) is 0 Å². The van der Waals surface area contributed by atoms with Crippen LogP contribution < -0.4 is 0 Å². The summed E-state index contributed by atoms with van der Waals surface area (Å²) in [4.78, 5) is 12.2. The third-order valence-electron chi connectivity index (χ3n) is 3.93. The normalized spacial score (nSPS) is 38.8. The number of ketones is 1. The zero-order valence-electron chi connectivity index (χ0n) is 10.4. The summed E-state index contributed by atoms with van der Waals surface area (Å²) >= 11 is 0.